The fourth-order valence-electron chi connectivity index (χ4n) is 4.13. The van der Waals surface area contributed by atoms with Crippen molar-refractivity contribution in [2.75, 3.05) is 0 Å². The third-order valence-electron chi connectivity index (χ3n) is 5.72. The molecule has 1 amide bonds. The van der Waals surface area contributed by atoms with Crippen LogP contribution in [0.3, 0.4) is 0 Å². The van der Waals surface area contributed by atoms with E-state index in [2.05, 4.69) is 25.7 Å². The van der Waals surface area contributed by atoms with Gasteiger partial charge in [0, 0.05) is 11.6 Å². The molecule has 0 aromatic heterocycles. The van der Waals surface area contributed by atoms with E-state index < -0.39 is 0 Å². The van der Waals surface area contributed by atoms with Crippen LogP contribution in [-0.4, -0.2) is 5.91 Å². The second-order valence-corrected chi connectivity index (χ2v) is 7.40. The summed E-state index contributed by atoms with van der Waals surface area (Å²) in [6.45, 7) is 9.20. The fraction of sp³-hybridized carbons (Fsp3) is 0.500. The predicted octanol–water partition coefficient (Wildman–Crippen LogP) is 4.34. The molecule has 112 valence electrons. The maximum Gasteiger partial charge on any atom is 0.230 e. The number of fused-ring (bicyclic) bond motifs is 2. The molecular weight excluding hydrogens is 282 g/mol. The Morgan fingerprint density at radius 2 is 2.14 bits per heavy atom. The summed E-state index contributed by atoms with van der Waals surface area (Å²) in [6, 6.07) is 7.64. The van der Waals surface area contributed by atoms with Crippen LogP contribution in [0.2, 0.25) is 5.02 Å². The Balaban J connectivity index is 1.75. The summed E-state index contributed by atoms with van der Waals surface area (Å²) in [6.07, 6.45) is 3.02. The van der Waals surface area contributed by atoms with E-state index in [0.717, 1.165) is 30.4 Å². The lowest BCUT2D eigenvalue weighted by atomic mass is 9.68. The Bertz CT molecular complexity index is 607. The zero-order chi connectivity index (χ0) is 15.3. The second-order valence-electron chi connectivity index (χ2n) is 7.00. The Morgan fingerprint density at radius 3 is 2.76 bits per heavy atom. The van der Waals surface area contributed by atoms with E-state index in [1.54, 1.807) is 0 Å². The van der Waals surface area contributed by atoms with Crippen LogP contribution in [0.4, 0.5) is 0 Å². The maximum absolute atomic E-state index is 12.8. The molecule has 3 rings (SSSR count). The number of amides is 1. The van der Waals surface area contributed by atoms with E-state index >= 15 is 0 Å². The molecule has 0 aliphatic heterocycles. The van der Waals surface area contributed by atoms with E-state index in [0.29, 0.717) is 17.5 Å². The van der Waals surface area contributed by atoms with Crippen molar-refractivity contribution in [3.63, 3.8) is 0 Å². The number of carbonyl (C=O) groups is 1. The average molecular weight is 304 g/mol. The summed E-state index contributed by atoms with van der Waals surface area (Å²) in [5, 5.41) is 3.78. The van der Waals surface area contributed by atoms with Crippen molar-refractivity contribution in [3.8, 4) is 0 Å². The van der Waals surface area contributed by atoms with Crippen LogP contribution >= 0.6 is 11.6 Å². The number of halogens is 1. The molecule has 2 aliphatic rings. The van der Waals surface area contributed by atoms with Crippen molar-refractivity contribution < 1.29 is 4.79 Å². The Morgan fingerprint density at radius 1 is 1.43 bits per heavy atom. The molecule has 2 atom stereocenters. The molecule has 0 spiro atoms. The van der Waals surface area contributed by atoms with E-state index in [1.807, 2.05) is 24.3 Å². The number of benzene rings is 1. The fourth-order valence-corrected chi connectivity index (χ4v) is 4.33. The van der Waals surface area contributed by atoms with Gasteiger partial charge in [0.2, 0.25) is 5.91 Å². The standard InChI is InChI=1S/C18H22ClNO/c1-12-17(2,3)14-8-9-18(12,10-14)16(21)20-11-13-6-4-5-7-15(13)19/h4-7,14H,1,8-11H2,2-3H3,(H,20,21)/t14-,18-/m0/s1. The maximum atomic E-state index is 12.8. The molecule has 2 saturated carbocycles. The molecule has 2 aliphatic carbocycles. The average Bonchev–Trinajstić information content (AvgIpc) is 2.98. The van der Waals surface area contributed by atoms with E-state index in [1.165, 1.54) is 0 Å². The molecule has 0 radical (unpaired) electrons. The normalized spacial score (nSPS) is 29.7. The smallest absolute Gasteiger partial charge is 0.230 e. The third-order valence-corrected chi connectivity index (χ3v) is 6.09. The van der Waals surface area contributed by atoms with Crippen LogP contribution in [0.5, 0.6) is 0 Å². The third kappa shape index (κ3) is 2.12. The molecule has 1 N–H and O–H groups in total. The van der Waals surface area contributed by atoms with Gasteiger partial charge in [-0.05, 0) is 42.2 Å². The Hall–Kier alpha value is -1.28. The highest BCUT2D eigenvalue weighted by Crippen LogP contribution is 2.65. The molecular formula is C18H22ClNO. The van der Waals surface area contributed by atoms with Crippen molar-refractivity contribution in [1.82, 2.24) is 5.32 Å². The summed E-state index contributed by atoms with van der Waals surface area (Å²) < 4.78 is 0. The molecule has 0 unspecified atom stereocenters. The van der Waals surface area contributed by atoms with Gasteiger partial charge in [0.1, 0.15) is 0 Å². The first-order chi connectivity index (χ1) is 9.88. The van der Waals surface area contributed by atoms with Gasteiger partial charge in [-0.15, -0.1) is 0 Å². The number of carbonyl (C=O) groups excluding carboxylic acids is 1. The number of nitrogens with one attached hydrogen (secondary N) is 1. The van der Waals surface area contributed by atoms with Crippen LogP contribution in [0.25, 0.3) is 0 Å². The van der Waals surface area contributed by atoms with Crippen molar-refractivity contribution in [2.24, 2.45) is 16.7 Å². The van der Waals surface area contributed by atoms with Crippen LogP contribution in [0, 0.1) is 16.7 Å². The molecule has 0 saturated heterocycles. The molecule has 0 heterocycles. The molecule has 1 aromatic carbocycles. The van der Waals surface area contributed by atoms with Gasteiger partial charge in [-0.1, -0.05) is 55.8 Å². The van der Waals surface area contributed by atoms with Crippen molar-refractivity contribution in [1.29, 1.82) is 0 Å². The van der Waals surface area contributed by atoms with Gasteiger partial charge >= 0.3 is 0 Å². The Labute approximate surface area is 131 Å². The quantitative estimate of drug-likeness (QED) is 0.827. The topological polar surface area (TPSA) is 29.1 Å². The highest BCUT2D eigenvalue weighted by Gasteiger charge is 2.60. The molecule has 1 aromatic rings. The van der Waals surface area contributed by atoms with Crippen LogP contribution in [0.15, 0.2) is 36.4 Å². The lowest BCUT2D eigenvalue weighted by Crippen LogP contribution is -2.41. The Kier molecular flexibility index (Phi) is 3.40. The largest absolute Gasteiger partial charge is 0.351 e. The van der Waals surface area contributed by atoms with E-state index in [-0.39, 0.29) is 16.7 Å². The zero-order valence-corrected chi connectivity index (χ0v) is 13.5. The minimum Gasteiger partial charge on any atom is -0.351 e. The zero-order valence-electron chi connectivity index (χ0n) is 12.7. The molecule has 2 fully saturated rings. The van der Waals surface area contributed by atoms with E-state index in [9.17, 15) is 4.79 Å². The van der Waals surface area contributed by atoms with Crippen LogP contribution in [0.1, 0.15) is 38.7 Å². The molecule has 21 heavy (non-hydrogen) atoms. The SMILES string of the molecule is C=C1C(C)(C)[C@H]2CC[C@]1(C(=O)NCc1ccccc1Cl)C2. The summed E-state index contributed by atoms with van der Waals surface area (Å²) in [5.41, 5.74) is 1.80. The van der Waals surface area contributed by atoms with Gasteiger partial charge in [-0.25, -0.2) is 0 Å². The predicted molar refractivity (Wildman–Crippen MR) is 86.0 cm³/mol. The minimum atomic E-state index is -0.352. The number of rotatable bonds is 3. The number of hydrogen-bond donors (Lipinski definition) is 1. The summed E-state index contributed by atoms with van der Waals surface area (Å²) in [4.78, 5) is 12.8. The van der Waals surface area contributed by atoms with Gasteiger partial charge in [0.15, 0.2) is 0 Å². The van der Waals surface area contributed by atoms with Crippen LogP contribution in [-0.2, 0) is 11.3 Å². The van der Waals surface area contributed by atoms with Crippen LogP contribution < -0.4 is 5.32 Å². The van der Waals surface area contributed by atoms with Gasteiger partial charge in [0.25, 0.3) is 0 Å². The second kappa shape index (κ2) is 4.88. The number of hydrogen-bond acceptors (Lipinski definition) is 1. The molecule has 2 nitrogen and oxygen atoms in total. The first-order valence-corrected chi connectivity index (χ1v) is 7.97. The highest BCUT2D eigenvalue weighted by molar-refractivity contribution is 6.31. The van der Waals surface area contributed by atoms with E-state index in [4.69, 9.17) is 11.6 Å². The van der Waals surface area contributed by atoms with Crippen molar-refractivity contribution >= 4 is 17.5 Å². The van der Waals surface area contributed by atoms with Gasteiger partial charge in [-0.3, -0.25) is 4.79 Å². The minimum absolute atomic E-state index is 0.0833. The first-order valence-electron chi connectivity index (χ1n) is 7.59. The summed E-state index contributed by atoms with van der Waals surface area (Å²) in [7, 11) is 0. The molecule has 3 heteroatoms. The summed E-state index contributed by atoms with van der Waals surface area (Å²) >= 11 is 6.15. The lowest BCUT2D eigenvalue weighted by molar-refractivity contribution is -0.128. The van der Waals surface area contributed by atoms with Crippen molar-refractivity contribution in [2.45, 2.75) is 39.7 Å². The van der Waals surface area contributed by atoms with Gasteiger partial charge in [0.05, 0.1) is 5.41 Å². The first kappa shape index (κ1) is 14.6. The summed E-state index contributed by atoms with van der Waals surface area (Å²) in [5.74, 6) is 0.719. The monoisotopic (exact) mass is 303 g/mol. The lowest BCUT2D eigenvalue weighted by Gasteiger charge is -2.37. The highest BCUT2D eigenvalue weighted by atomic mass is 35.5. The van der Waals surface area contributed by atoms with Gasteiger partial charge < -0.3 is 5.32 Å². The van der Waals surface area contributed by atoms with Gasteiger partial charge in [-0.2, -0.15) is 0 Å². The van der Waals surface area contributed by atoms with Crippen molar-refractivity contribution in [3.05, 3.63) is 47.0 Å². The molecule has 2 bridgehead atoms.